The first kappa shape index (κ1) is 14.5. The lowest BCUT2D eigenvalue weighted by Crippen LogP contribution is -2.26. The monoisotopic (exact) mass is 299 g/mol. The number of hydrogen-bond acceptors (Lipinski definition) is 5. The van der Waals surface area contributed by atoms with Crippen molar-refractivity contribution in [1.29, 1.82) is 0 Å². The summed E-state index contributed by atoms with van der Waals surface area (Å²) in [7, 11) is 1.69. The smallest absolute Gasteiger partial charge is 0.138 e. The summed E-state index contributed by atoms with van der Waals surface area (Å²) in [6, 6.07) is 2.33. The average Bonchev–Trinajstić information content (AvgIpc) is 2.83. The zero-order valence-corrected chi connectivity index (χ0v) is 12.7. The molecule has 4 nitrogen and oxygen atoms in total. The number of fused-ring (bicyclic) bond motifs is 1. The molecule has 2 rings (SSSR count). The molecule has 0 spiro atoms. The van der Waals surface area contributed by atoms with Gasteiger partial charge < -0.3 is 10.1 Å². The maximum atomic E-state index is 5.82. The lowest BCUT2D eigenvalue weighted by Gasteiger charge is -2.17. The normalized spacial score (nSPS) is 12.8. The van der Waals surface area contributed by atoms with Crippen molar-refractivity contribution >= 4 is 39.0 Å². The van der Waals surface area contributed by atoms with Crippen LogP contribution in [0.1, 0.15) is 18.2 Å². The van der Waals surface area contributed by atoms with Gasteiger partial charge in [0.2, 0.25) is 0 Å². The minimum atomic E-state index is 0.172. The number of rotatable bonds is 7. The summed E-state index contributed by atoms with van der Waals surface area (Å²) in [4.78, 5) is 11.0. The van der Waals surface area contributed by atoms with Gasteiger partial charge >= 0.3 is 0 Å². The molecular formula is C13H18ClN3OS. The van der Waals surface area contributed by atoms with Gasteiger partial charge in [-0.3, -0.25) is 0 Å². The molecule has 6 heteroatoms. The van der Waals surface area contributed by atoms with Gasteiger partial charge in [-0.1, -0.05) is 6.92 Å². The molecule has 0 aromatic carbocycles. The first-order chi connectivity index (χ1) is 9.28. The molecule has 19 heavy (non-hydrogen) atoms. The van der Waals surface area contributed by atoms with E-state index in [1.54, 1.807) is 24.8 Å². The molecule has 2 aromatic rings. The van der Waals surface area contributed by atoms with Gasteiger partial charge in [0.15, 0.2) is 0 Å². The van der Waals surface area contributed by atoms with E-state index in [-0.39, 0.29) is 6.04 Å². The fourth-order valence-corrected chi connectivity index (χ4v) is 3.12. The van der Waals surface area contributed by atoms with Gasteiger partial charge in [0, 0.05) is 17.9 Å². The van der Waals surface area contributed by atoms with E-state index in [0.29, 0.717) is 12.5 Å². The quantitative estimate of drug-likeness (QED) is 0.797. The Labute approximate surface area is 122 Å². The third-order valence-corrected chi connectivity index (χ3v) is 4.30. The standard InChI is InChI=1S/C13H18ClN3OS/c1-3-10-6-11-12(15-8-16-13(11)19-10)17-9(4-5-14)7-18-2/h6,8-9H,3-5,7H2,1-2H3,(H,15,16,17). The first-order valence-corrected chi connectivity index (χ1v) is 7.68. The van der Waals surface area contributed by atoms with Crippen molar-refractivity contribution in [2.45, 2.75) is 25.8 Å². The Bertz CT molecular complexity index is 526. The highest BCUT2D eigenvalue weighted by Gasteiger charge is 2.12. The Morgan fingerprint density at radius 1 is 1.47 bits per heavy atom. The van der Waals surface area contributed by atoms with Crippen molar-refractivity contribution < 1.29 is 4.74 Å². The maximum Gasteiger partial charge on any atom is 0.138 e. The van der Waals surface area contributed by atoms with Crippen LogP contribution in [0.5, 0.6) is 0 Å². The number of methoxy groups -OCH3 is 1. The lowest BCUT2D eigenvalue weighted by atomic mass is 10.2. The summed E-state index contributed by atoms with van der Waals surface area (Å²) in [6.07, 6.45) is 3.46. The molecule has 0 fully saturated rings. The van der Waals surface area contributed by atoms with Crippen molar-refractivity contribution in [1.82, 2.24) is 9.97 Å². The predicted molar refractivity (Wildman–Crippen MR) is 81.4 cm³/mol. The molecule has 2 heterocycles. The molecule has 0 aliphatic heterocycles. The highest BCUT2D eigenvalue weighted by atomic mass is 35.5. The summed E-state index contributed by atoms with van der Waals surface area (Å²) < 4.78 is 5.21. The van der Waals surface area contributed by atoms with E-state index in [0.717, 1.165) is 28.9 Å². The predicted octanol–water partition coefficient (Wildman–Crippen LogP) is 3.31. The molecule has 0 saturated carbocycles. The number of ether oxygens (including phenoxy) is 1. The summed E-state index contributed by atoms with van der Waals surface area (Å²) in [5.74, 6) is 1.46. The second-order valence-corrected chi connectivity index (χ2v) is 5.77. The number of nitrogens with one attached hydrogen (secondary N) is 1. The molecular weight excluding hydrogens is 282 g/mol. The van der Waals surface area contributed by atoms with Crippen molar-refractivity contribution in [3.63, 3.8) is 0 Å². The van der Waals surface area contributed by atoms with Crippen molar-refractivity contribution in [3.05, 3.63) is 17.3 Å². The SMILES string of the molecule is CCc1cc2c(NC(CCCl)COC)ncnc2s1. The van der Waals surface area contributed by atoms with E-state index in [2.05, 4.69) is 28.3 Å². The van der Waals surface area contributed by atoms with E-state index in [1.165, 1.54) is 4.88 Å². The number of halogens is 1. The Hall–Kier alpha value is -0.910. The number of anilines is 1. The maximum absolute atomic E-state index is 5.82. The number of thiophene rings is 1. The van der Waals surface area contributed by atoms with Crippen LogP contribution in [0.3, 0.4) is 0 Å². The first-order valence-electron chi connectivity index (χ1n) is 6.33. The minimum absolute atomic E-state index is 0.172. The zero-order valence-electron chi connectivity index (χ0n) is 11.1. The minimum Gasteiger partial charge on any atom is -0.383 e. The van der Waals surface area contributed by atoms with E-state index in [9.17, 15) is 0 Å². The van der Waals surface area contributed by atoms with Gasteiger partial charge in [0.1, 0.15) is 17.0 Å². The lowest BCUT2D eigenvalue weighted by molar-refractivity contribution is 0.184. The molecule has 0 aliphatic rings. The van der Waals surface area contributed by atoms with Crippen LogP contribution >= 0.6 is 22.9 Å². The van der Waals surface area contributed by atoms with Crippen LogP contribution in [-0.2, 0) is 11.2 Å². The third-order valence-electron chi connectivity index (χ3n) is 2.90. The van der Waals surface area contributed by atoms with Gasteiger partial charge in [-0.15, -0.1) is 22.9 Å². The Balaban J connectivity index is 2.25. The number of nitrogens with zero attached hydrogens (tertiary/aromatic N) is 2. The van der Waals surface area contributed by atoms with E-state index in [4.69, 9.17) is 16.3 Å². The highest BCUT2D eigenvalue weighted by Crippen LogP contribution is 2.28. The van der Waals surface area contributed by atoms with Gasteiger partial charge in [0.25, 0.3) is 0 Å². The zero-order chi connectivity index (χ0) is 13.7. The second-order valence-electron chi connectivity index (χ2n) is 4.28. The van der Waals surface area contributed by atoms with Crippen molar-refractivity contribution in [2.24, 2.45) is 0 Å². The van der Waals surface area contributed by atoms with E-state index < -0.39 is 0 Å². The van der Waals surface area contributed by atoms with Crippen LogP contribution in [0.2, 0.25) is 0 Å². The van der Waals surface area contributed by atoms with Gasteiger partial charge in [-0.05, 0) is 18.9 Å². The average molecular weight is 300 g/mol. The summed E-state index contributed by atoms with van der Waals surface area (Å²) in [5, 5.41) is 4.49. The van der Waals surface area contributed by atoms with Crippen molar-refractivity contribution in [2.75, 3.05) is 24.9 Å². The number of aromatic nitrogens is 2. The molecule has 1 N–H and O–H groups in total. The Morgan fingerprint density at radius 2 is 2.32 bits per heavy atom. The molecule has 0 saturated heterocycles. The number of hydrogen-bond donors (Lipinski definition) is 1. The van der Waals surface area contributed by atoms with Crippen LogP contribution in [0, 0.1) is 0 Å². The number of alkyl halides is 1. The van der Waals surface area contributed by atoms with E-state index in [1.807, 2.05) is 0 Å². The summed E-state index contributed by atoms with van der Waals surface area (Å²) >= 11 is 7.53. The topological polar surface area (TPSA) is 47.0 Å². The molecule has 1 atom stereocenters. The molecule has 0 aliphatic carbocycles. The third kappa shape index (κ3) is 3.55. The largest absolute Gasteiger partial charge is 0.383 e. The Morgan fingerprint density at radius 3 is 3.00 bits per heavy atom. The molecule has 0 radical (unpaired) electrons. The highest BCUT2D eigenvalue weighted by molar-refractivity contribution is 7.18. The second kappa shape index (κ2) is 7.03. The van der Waals surface area contributed by atoms with Crippen LogP contribution in [0.25, 0.3) is 10.2 Å². The van der Waals surface area contributed by atoms with Gasteiger partial charge in [-0.2, -0.15) is 0 Å². The molecule has 104 valence electrons. The molecule has 0 bridgehead atoms. The molecule has 1 unspecified atom stereocenters. The summed E-state index contributed by atoms with van der Waals surface area (Å²) in [6.45, 7) is 2.76. The molecule has 2 aromatic heterocycles. The summed E-state index contributed by atoms with van der Waals surface area (Å²) in [5.41, 5.74) is 0. The van der Waals surface area contributed by atoms with Crippen LogP contribution in [0.4, 0.5) is 5.82 Å². The number of aryl methyl sites for hydroxylation is 1. The van der Waals surface area contributed by atoms with Crippen LogP contribution in [0.15, 0.2) is 12.4 Å². The Kier molecular flexibility index (Phi) is 5.36. The van der Waals surface area contributed by atoms with Crippen LogP contribution in [-0.4, -0.2) is 35.6 Å². The van der Waals surface area contributed by atoms with Crippen molar-refractivity contribution in [3.8, 4) is 0 Å². The van der Waals surface area contributed by atoms with Crippen LogP contribution < -0.4 is 5.32 Å². The fourth-order valence-electron chi connectivity index (χ4n) is 1.92. The van der Waals surface area contributed by atoms with E-state index >= 15 is 0 Å². The fraction of sp³-hybridized carbons (Fsp3) is 0.538. The van der Waals surface area contributed by atoms with Gasteiger partial charge in [-0.25, -0.2) is 9.97 Å². The van der Waals surface area contributed by atoms with Gasteiger partial charge in [0.05, 0.1) is 18.0 Å². The molecule has 0 amide bonds.